The number of pyridine rings is 2. The van der Waals surface area contributed by atoms with Crippen LogP contribution in [0.4, 0.5) is 17.1 Å². The molecule has 8 aromatic carbocycles. The van der Waals surface area contributed by atoms with E-state index in [-0.39, 0.29) is 0 Å². The molecule has 0 N–H and O–H groups in total. The monoisotopic (exact) mass is 701 g/mol. The first-order chi connectivity index (χ1) is 27.3. The highest BCUT2D eigenvalue weighted by Gasteiger charge is 2.17. The number of hydrogen-bond donors (Lipinski definition) is 0. The van der Waals surface area contributed by atoms with Gasteiger partial charge in [-0.2, -0.15) is 0 Å². The quantitative estimate of drug-likeness (QED) is 0.155. The molecule has 0 aliphatic carbocycles. The molecule has 55 heavy (non-hydrogen) atoms. The van der Waals surface area contributed by atoms with E-state index in [1.807, 2.05) is 12.1 Å². The van der Waals surface area contributed by atoms with Gasteiger partial charge in [0.05, 0.1) is 22.6 Å². The van der Waals surface area contributed by atoms with E-state index in [2.05, 4.69) is 205 Å². The van der Waals surface area contributed by atoms with Crippen molar-refractivity contribution in [2.24, 2.45) is 0 Å². The van der Waals surface area contributed by atoms with Crippen LogP contribution in [0.3, 0.4) is 0 Å². The summed E-state index contributed by atoms with van der Waals surface area (Å²) < 4.78 is 0. The maximum absolute atomic E-state index is 5.29. The Balaban J connectivity index is 1.10. The molecule has 0 saturated carbocycles. The van der Waals surface area contributed by atoms with E-state index in [4.69, 9.17) is 9.97 Å². The van der Waals surface area contributed by atoms with Gasteiger partial charge in [0.25, 0.3) is 0 Å². The van der Waals surface area contributed by atoms with Gasteiger partial charge in [0.1, 0.15) is 0 Å². The second kappa shape index (κ2) is 13.9. The lowest BCUT2D eigenvalue weighted by atomic mass is 9.93. The fraction of sp³-hybridized carbons (Fsp3) is 0. The van der Waals surface area contributed by atoms with Gasteiger partial charge in [0.15, 0.2) is 0 Å². The van der Waals surface area contributed by atoms with Crippen molar-refractivity contribution in [3.05, 3.63) is 212 Å². The van der Waals surface area contributed by atoms with Crippen molar-refractivity contribution in [2.75, 3.05) is 4.90 Å². The Morgan fingerprint density at radius 3 is 1.44 bits per heavy atom. The summed E-state index contributed by atoms with van der Waals surface area (Å²) in [5.74, 6) is 0. The summed E-state index contributed by atoms with van der Waals surface area (Å²) in [7, 11) is 0. The van der Waals surface area contributed by atoms with Gasteiger partial charge < -0.3 is 4.90 Å². The second-order valence-electron chi connectivity index (χ2n) is 13.8. The molecule has 0 amide bonds. The summed E-state index contributed by atoms with van der Waals surface area (Å²) in [5, 5.41) is 5.89. The lowest BCUT2D eigenvalue weighted by Gasteiger charge is -2.25. The molecule has 2 aromatic heterocycles. The maximum atomic E-state index is 5.29. The minimum Gasteiger partial charge on any atom is -0.311 e. The van der Waals surface area contributed by atoms with E-state index >= 15 is 0 Å². The van der Waals surface area contributed by atoms with Crippen molar-refractivity contribution in [1.29, 1.82) is 0 Å². The first-order valence-electron chi connectivity index (χ1n) is 18.7. The Kier molecular flexibility index (Phi) is 8.16. The molecular formula is C52H35N3. The molecule has 0 radical (unpaired) electrons. The van der Waals surface area contributed by atoms with Crippen molar-refractivity contribution in [3.63, 3.8) is 0 Å². The Labute approximate surface area is 320 Å². The molecule has 3 nitrogen and oxygen atoms in total. The highest BCUT2D eigenvalue weighted by molar-refractivity contribution is 6.22. The van der Waals surface area contributed by atoms with Gasteiger partial charge in [-0.05, 0) is 82.6 Å². The van der Waals surface area contributed by atoms with Crippen LogP contribution >= 0.6 is 0 Å². The zero-order valence-corrected chi connectivity index (χ0v) is 30.0. The number of nitrogens with zero attached hydrogens (tertiary/aromatic N) is 3. The van der Waals surface area contributed by atoms with Crippen LogP contribution in [-0.4, -0.2) is 9.97 Å². The molecular weight excluding hydrogens is 667 g/mol. The highest BCUT2D eigenvalue weighted by Crippen LogP contribution is 2.41. The average Bonchev–Trinajstić information content (AvgIpc) is 3.27. The van der Waals surface area contributed by atoms with Gasteiger partial charge in [-0.1, -0.05) is 152 Å². The number of aromatic nitrogens is 2. The van der Waals surface area contributed by atoms with Gasteiger partial charge in [-0.15, -0.1) is 0 Å². The van der Waals surface area contributed by atoms with Crippen molar-refractivity contribution in [3.8, 4) is 44.9 Å². The van der Waals surface area contributed by atoms with Gasteiger partial charge in [-0.25, -0.2) is 9.97 Å². The lowest BCUT2D eigenvalue weighted by molar-refractivity contribution is 1.28. The first-order valence-corrected chi connectivity index (χ1v) is 18.7. The van der Waals surface area contributed by atoms with Crippen LogP contribution in [0.1, 0.15) is 0 Å². The SMILES string of the molecule is c1ccc(-c2cc(-c3ccc4c(ccc5c(-c6ccc(N(c7ccccc7)c7ccccc7)cc6)nc6ccccc6c54)c3)cc(-c3ccccc3)n2)cc1. The van der Waals surface area contributed by atoms with E-state index in [1.54, 1.807) is 0 Å². The Bertz CT molecular complexity index is 2850. The molecule has 0 atom stereocenters. The first kappa shape index (κ1) is 32.3. The van der Waals surface area contributed by atoms with Crippen molar-refractivity contribution >= 4 is 49.5 Å². The number of rotatable bonds is 7. The average molecular weight is 702 g/mol. The largest absolute Gasteiger partial charge is 0.311 e. The molecule has 10 rings (SSSR count). The van der Waals surface area contributed by atoms with Crippen LogP contribution in [0.2, 0.25) is 0 Å². The fourth-order valence-electron chi connectivity index (χ4n) is 7.76. The van der Waals surface area contributed by atoms with Crippen LogP contribution in [0.25, 0.3) is 77.3 Å². The van der Waals surface area contributed by atoms with Crippen LogP contribution in [0.15, 0.2) is 212 Å². The van der Waals surface area contributed by atoms with Gasteiger partial charge in [-0.3, -0.25) is 0 Å². The third kappa shape index (κ3) is 6.08. The van der Waals surface area contributed by atoms with E-state index in [9.17, 15) is 0 Å². The number of hydrogen-bond acceptors (Lipinski definition) is 3. The molecule has 0 unspecified atom stereocenters. The number of fused-ring (bicyclic) bond motifs is 5. The topological polar surface area (TPSA) is 29.0 Å². The van der Waals surface area contributed by atoms with Gasteiger partial charge in [0.2, 0.25) is 0 Å². The molecule has 258 valence electrons. The van der Waals surface area contributed by atoms with Crippen LogP contribution in [0, 0.1) is 0 Å². The molecule has 0 bridgehead atoms. The van der Waals surface area contributed by atoms with Gasteiger partial charge in [0, 0.05) is 49.9 Å². The Hall–Kier alpha value is -7.36. The molecule has 0 fully saturated rings. The normalized spacial score (nSPS) is 11.3. The van der Waals surface area contributed by atoms with E-state index < -0.39 is 0 Å². The minimum absolute atomic E-state index is 0.957. The van der Waals surface area contributed by atoms with Crippen LogP contribution in [-0.2, 0) is 0 Å². The lowest BCUT2D eigenvalue weighted by Crippen LogP contribution is -2.09. The molecule has 10 aromatic rings. The Morgan fingerprint density at radius 2 is 0.818 bits per heavy atom. The second-order valence-corrected chi connectivity index (χ2v) is 13.8. The summed E-state index contributed by atoms with van der Waals surface area (Å²) >= 11 is 0. The van der Waals surface area contributed by atoms with Crippen molar-refractivity contribution in [2.45, 2.75) is 0 Å². The molecule has 3 heteroatoms. The number of para-hydroxylation sites is 3. The summed E-state index contributed by atoms with van der Waals surface area (Å²) in [4.78, 5) is 12.7. The molecule has 0 spiro atoms. The summed E-state index contributed by atoms with van der Waals surface area (Å²) in [6.45, 7) is 0. The van der Waals surface area contributed by atoms with E-state index in [0.29, 0.717) is 0 Å². The zero-order valence-electron chi connectivity index (χ0n) is 30.0. The fourth-order valence-corrected chi connectivity index (χ4v) is 7.76. The molecule has 2 heterocycles. The third-order valence-electron chi connectivity index (χ3n) is 10.4. The number of benzene rings is 8. The number of anilines is 3. The highest BCUT2D eigenvalue weighted by atomic mass is 15.1. The zero-order chi connectivity index (χ0) is 36.6. The Morgan fingerprint density at radius 1 is 0.309 bits per heavy atom. The predicted octanol–water partition coefficient (Wildman–Crippen LogP) is 14.1. The smallest absolute Gasteiger partial charge is 0.0788 e. The minimum atomic E-state index is 0.957. The van der Waals surface area contributed by atoms with Crippen molar-refractivity contribution in [1.82, 2.24) is 9.97 Å². The summed E-state index contributed by atoms with van der Waals surface area (Å²) in [6, 6.07) is 75.0. The van der Waals surface area contributed by atoms with Crippen LogP contribution in [0.5, 0.6) is 0 Å². The molecule has 0 aliphatic rings. The molecule has 0 aliphatic heterocycles. The van der Waals surface area contributed by atoms with Gasteiger partial charge >= 0.3 is 0 Å². The summed E-state index contributed by atoms with van der Waals surface area (Å²) in [6.07, 6.45) is 0. The third-order valence-corrected chi connectivity index (χ3v) is 10.4. The van der Waals surface area contributed by atoms with Crippen LogP contribution < -0.4 is 4.90 Å². The van der Waals surface area contributed by atoms with E-state index in [1.165, 1.54) is 16.2 Å². The maximum Gasteiger partial charge on any atom is 0.0788 e. The van der Waals surface area contributed by atoms with E-state index in [0.717, 1.165) is 78.3 Å². The molecule has 0 saturated heterocycles. The van der Waals surface area contributed by atoms with Crippen molar-refractivity contribution < 1.29 is 0 Å². The predicted molar refractivity (Wildman–Crippen MR) is 231 cm³/mol. The summed E-state index contributed by atoms with van der Waals surface area (Å²) in [5.41, 5.74) is 12.7. The standard InChI is InChI=1S/C52H35N3/c1-5-15-36(16-6-1)49-34-41(35-50(53-49)37-17-7-2-8-18-37)39-27-31-45-40(33-39)28-32-47-51(45)46-23-13-14-24-48(46)54-52(47)38-25-29-44(30-26-38)55(42-19-9-3-10-20-42)43-21-11-4-12-22-43/h1-35H.